The average molecular weight is 416 g/mol. The molecule has 29 heavy (non-hydrogen) atoms. The van der Waals surface area contributed by atoms with Crippen LogP contribution in [0.25, 0.3) is 11.3 Å². The summed E-state index contributed by atoms with van der Waals surface area (Å²) in [6, 6.07) is 11.1. The maximum absolute atomic E-state index is 13.0. The summed E-state index contributed by atoms with van der Waals surface area (Å²) in [4.78, 5) is 28.1. The molecule has 0 radical (unpaired) electrons. The molecule has 1 heterocycles. The minimum absolute atomic E-state index is 0.118. The van der Waals surface area contributed by atoms with Gasteiger partial charge in [-0.15, -0.1) is 0 Å². The summed E-state index contributed by atoms with van der Waals surface area (Å²) < 4.78 is 18.6. The topological polar surface area (TPSA) is 84.2 Å². The Morgan fingerprint density at radius 1 is 1.14 bits per heavy atom. The van der Waals surface area contributed by atoms with Crippen molar-refractivity contribution in [1.82, 2.24) is 10.3 Å². The average Bonchev–Trinajstić information content (AvgIpc) is 3.18. The first-order valence-corrected chi connectivity index (χ1v) is 9.32. The van der Waals surface area contributed by atoms with Crippen LogP contribution in [0.5, 0.6) is 0 Å². The number of hydrogen-bond acceptors (Lipinski definition) is 4. The second-order valence-corrected chi connectivity index (χ2v) is 6.77. The molecule has 3 rings (SSSR count). The summed E-state index contributed by atoms with van der Waals surface area (Å²) in [6.07, 6.45) is 1.93. The van der Waals surface area contributed by atoms with Gasteiger partial charge in [0.25, 0.3) is 0 Å². The maximum Gasteiger partial charge on any atom is 0.243 e. The summed E-state index contributed by atoms with van der Waals surface area (Å²) in [5.41, 5.74) is 2.06. The summed E-state index contributed by atoms with van der Waals surface area (Å²) >= 11 is 6.02. The van der Waals surface area contributed by atoms with Crippen molar-refractivity contribution >= 4 is 29.1 Å². The number of carbonyl (C=O) groups excluding carboxylic acids is 2. The van der Waals surface area contributed by atoms with E-state index in [0.29, 0.717) is 27.9 Å². The van der Waals surface area contributed by atoms with Gasteiger partial charge in [0.15, 0.2) is 11.7 Å². The number of aryl methyl sites for hydroxylation is 1. The number of hydrogen-bond donors (Lipinski definition) is 2. The molecule has 0 unspecified atom stereocenters. The SMILES string of the molecule is Cc1c(Cl)cccc1NC(=O)CNC(=O)CCc1ncc(-c2ccc(F)cc2)o1. The second-order valence-electron chi connectivity index (χ2n) is 6.36. The quantitative estimate of drug-likeness (QED) is 0.607. The van der Waals surface area contributed by atoms with Gasteiger partial charge in [0.2, 0.25) is 11.8 Å². The van der Waals surface area contributed by atoms with Crippen molar-refractivity contribution in [2.75, 3.05) is 11.9 Å². The highest BCUT2D eigenvalue weighted by Gasteiger charge is 2.11. The van der Waals surface area contributed by atoms with Crippen LogP contribution in [0.4, 0.5) is 10.1 Å². The number of benzene rings is 2. The lowest BCUT2D eigenvalue weighted by Gasteiger charge is -2.10. The summed E-state index contributed by atoms with van der Waals surface area (Å²) in [7, 11) is 0. The third kappa shape index (κ3) is 5.65. The van der Waals surface area contributed by atoms with Crippen molar-refractivity contribution in [2.45, 2.75) is 19.8 Å². The molecular formula is C21H19ClFN3O3. The van der Waals surface area contributed by atoms with Gasteiger partial charge in [0, 0.05) is 29.1 Å². The monoisotopic (exact) mass is 415 g/mol. The van der Waals surface area contributed by atoms with Crippen molar-refractivity contribution in [3.05, 3.63) is 71.0 Å². The molecule has 2 amide bonds. The van der Waals surface area contributed by atoms with E-state index in [9.17, 15) is 14.0 Å². The van der Waals surface area contributed by atoms with E-state index in [2.05, 4.69) is 15.6 Å². The number of rotatable bonds is 7. The fourth-order valence-corrected chi connectivity index (χ4v) is 2.77. The number of carbonyl (C=O) groups is 2. The molecule has 0 aliphatic heterocycles. The van der Waals surface area contributed by atoms with Crippen LogP contribution in [-0.4, -0.2) is 23.3 Å². The Bertz CT molecular complexity index is 1020. The fraction of sp³-hybridized carbons (Fsp3) is 0.190. The van der Waals surface area contributed by atoms with Gasteiger partial charge in [-0.2, -0.15) is 0 Å². The van der Waals surface area contributed by atoms with E-state index < -0.39 is 0 Å². The largest absolute Gasteiger partial charge is 0.441 e. The third-order valence-corrected chi connectivity index (χ3v) is 4.65. The molecule has 2 aromatic carbocycles. The Morgan fingerprint density at radius 2 is 1.90 bits per heavy atom. The maximum atomic E-state index is 13.0. The lowest BCUT2D eigenvalue weighted by atomic mass is 10.2. The van der Waals surface area contributed by atoms with Gasteiger partial charge in [-0.3, -0.25) is 9.59 Å². The molecule has 0 aliphatic carbocycles. The predicted octanol–water partition coefficient (Wildman–Crippen LogP) is 4.13. The van der Waals surface area contributed by atoms with Gasteiger partial charge < -0.3 is 15.1 Å². The molecule has 0 spiro atoms. The van der Waals surface area contributed by atoms with Crippen LogP contribution in [0.15, 0.2) is 53.1 Å². The van der Waals surface area contributed by atoms with Gasteiger partial charge in [-0.1, -0.05) is 17.7 Å². The van der Waals surface area contributed by atoms with Crippen molar-refractivity contribution in [3.8, 4) is 11.3 Å². The molecule has 0 fully saturated rings. The van der Waals surface area contributed by atoms with Gasteiger partial charge in [0.1, 0.15) is 5.82 Å². The Balaban J connectivity index is 1.45. The number of nitrogens with one attached hydrogen (secondary N) is 2. The van der Waals surface area contributed by atoms with Gasteiger partial charge in [-0.05, 0) is 48.9 Å². The van der Waals surface area contributed by atoms with E-state index in [1.807, 2.05) is 0 Å². The molecule has 1 aromatic heterocycles. The van der Waals surface area contributed by atoms with Gasteiger partial charge in [-0.25, -0.2) is 9.37 Å². The van der Waals surface area contributed by atoms with E-state index in [1.54, 1.807) is 37.3 Å². The summed E-state index contributed by atoms with van der Waals surface area (Å²) in [5, 5.41) is 5.82. The zero-order chi connectivity index (χ0) is 20.8. The van der Waals surface area contributed by atoms with Gasteiger partial charge in [0.05, 0.1) is 12.7 Å². The lowest BCUT2D eigenvalue weighted by Crippen LogP contribution is -2.33. The van der Waals surface area contributed by atoms with Gasteiger partial charge >= 0.3 is 0 Å². The lowest BCUT2D eigenvalue weighted by molar-refractivity contribution is -0.124. The first-order chi connectivity index (χ1) is 13.9. The highest BCUT2D eigenvalue weighted by molar-refractivity contribution is 6.31. The summed E-state index contributed by atoms with van der Waals surface area (Å²) in [5.74, 6) is -0.0992. The first-order valence-electron chi connectivity index (χ1n) is 8.94. The van der Waals surface area contributed by atoms with Crippen molar-refractivity contribution in [2.24, 2.45) is 0 Å². The minimum atomic E-state index is -0.349. The van der Waals surface area contributed by atoms with E-state index in [1.165, 1.54) is 18.3 Å². The van der Waals surface area contributed by atoms with Crippen LogP contribution in [0.3, 0.4) is 0 Å². The number of nitrogens with zero attached hydrogens (tertiary/aromatic N) is 1. The van der Waals surface area contributed by atoms with Crippen LogP contribution in [0.1, 0.15) is 17.9 Å². The van der Waals surface area contributed by atoms with Crippen LogP contribution in [0, 0.1) is 12.7 Å². The van der Waals surface area contributed by atoms with E-state index in [4.69, 9.17) is 16.0 Å². The summed E-state index contributed by atoms with van der Waals surface area (Å²) in [6.45, 7) is 1.64. The standard InChI is InChI=1S/C21H19ClFN3O3/c1-13-16(22)3-2-4-17(13)26-20(28)12-24-19(27)9-10-21-25-11-18(29-21)14-5-7-15(23)8-6-14/h2-8,11H,9-10,12H2,1H3,(H,24,27)(H,26,28). The minimum Gasteiger partial charge on any atom is -0.441 e. The van der Waals surface area contributed by atoms with E-state index in [0.717, 1.165) is 5.56 Å². The zero-order valence-electron chi connectivity index (χ0n) is 15.7. The van der Waals surface area contributed by atoms with E-state index >= 15 is 0 Å². The van der Waals surface area contributed by atoms with Crippen LogP contribution < -0.4 is 10.6 Å². The van der Waals surface area contributed by atoms with Crippen LogP contribution in [0.2, 0.25) is 5.02 Å². The molecule has 0 saturated heterocycles. The van der Waals surface area contributed by atoms with Crippen molar-refractivity contribution in [1.29, 1.82) is 0 Å². The molecule has 3 aromatic rings. The van der Waals surface area contributed by atoms with Crippen molar-refractivity contribution in [3.63, 3.8) is 0 Å². The second kappa shape index (κ2) is 9.34. The zero-order valence-corrected chi connectivity index (χ0v) is 16.4. The molecule has 0 saturated carbocycles. The Hall–Kier alpha value is -3.19. The Morgan fingerprint density at radius 3 is 2.66 bits per heavy atom. The molecule has 0 bridgehead atoms. The number of aromatic nitrogens is 1. The smallest absolute Gasteiger partial charge is 0.243 e. The molecule has 2 N–H and O–H groups in total. The van der Waals surface area contributed by atoms with E-state index in [-0.39, 0.29) is 37.0 Å². The number of amides is 2. The normalized spacial score (nSPS) is 10.6. The highest BCUT2D eigenvalue weighted by Crippen LogP contribution is 2.23. The molecular weight excluding hydrogens is 397 g/mol. The predicted molar refractivity (Wildman–Crippen MR) is 108 cm³/mol. The Kier molecular flexibility index (Phi) is 6.61. The number of oxazole rings is 1. The molecule has 150 valence electrons. The molecule has 0 atom stereocenters. The fourth-order valence-electron chi connectivity index (χ4n) is 2.60. The molecule has 6 nitrogen and oxygen atoms in total. The third-order valence-electron chi connectivity index (χ3n) is 4.24. The molecule has 8 heteroatoms. The van der Waals surface area contributed by atoms with Crippen LogP contribution >= 0.6 is 11.6 Å². The number of halogens is 2. The van der Waals surface area contributed by atoms with Crippen molar-refractivity contribution < 1.29 is 18.4 Å². The Labute approximate surface area is 172 Å². The first kappa shape index (κ1) is 20.5. The van der Waals surface area contributed by atoms with Crippen LogP contribution in [-0.2, 0) is 16.0 Å². The number of anilines is 1. The molecule has 0 aliphatic rings. The highest BCUT2D eigenvalue weighted by atomic mass is 35.5.